The van der Waals surface area contributed by atoms with Crippen LogP contribution in [0.3, 0.4) is 0 Å². The molecule has 9 nitrogen and oxygen atoms in total. The standard InChI is InChI=1S/C55H52FNO8/c1-2-3-4-5-6-7-8-9-10-11-12-13-15-39-18-22-41(23-19-39)42-24-26-43(27-25-42)53(59)65-51-35-30-46(37-50(51)56)55(61)64-49-17-14-16-45(36-49)54(60)63-48-33-28-44(29-34-48)52(58)62-47-31-20-40(38-57)21-32-47/h14,16-37H,2-13,15H2,1H3. The monoisotopic (exact) mass is 873 g/mol. The van der Waals surface area contributed by atoms with Gasteiger partial charge in [-0.3, -0.25) is 0 Å². The lowest BCUT2D eigenvalue weighted by Crippen LogP contribution is -2.13. The maximum absolute atomic E-state index is 15.1. The van der Waals surface area contributed by atoms with Gasteiger partial charge in [0.25, 0.3) is 0 Å². The molecule has 10 heteroatoms. The Kier molecular flexibility index (Phi) is 17.7. The number of esters is 4. The highest BCUT2D eigenvalue weighted by molar-refractivity contribution is 5.95. The van der Waals surface area contributed by atoms with E-state index in [1.807, 2.05) is 18.2 Å². The molecule has 6 aromatic carbocycles. The molecule has 0 heterocycles. The number of ether oxygens (including phenoxy) is 4. The van der Waals surface area contributed by atoms with Gasteiger partial charge in [-0.15, -0.1) is 0 Å². The van der Waals surface area contributed by atoms with Crippen LogP contribution in [0.25, 0.3) is 11.1 Å². The highest BCUT2D eigenvalue weighted by atomic mass is 19.1. The van der Waals surface area contributed by atoms with E-state index < -0.39 is 29.7 Å². The van der Waals surface area contributed by atoms with E-state index in [9.17, 15) is 19.2 Å². The molecular formula is C55H52FNO8. The van der Waals surface area contributed by atoms with Crippen molar-refractivity contribution in [2.75, 3.05) is 0 Å². The van der Waals surface area contributed by atoms with Crippen LogP contribution in [0.2, 0.25) is 0 Å². The zero-order valence-corrected chi connectivity index (χ0v) is 36.6. The molecule has 332 valence electrons. The minimum absolute atomic E-state index is 0.00420. The lowest BCUT2D eigenvalue weighted by atomic mass is 10.00. The number of unbranched alkanes of at least 4 members (excludes halogenated alkanes) is 11. The van der Waals surface area contributed by atoms with Gasteiger partial charge in [0, 0.05) is 0 Å². The van der Waals surface area contributed by atoms with Crippen molar-refractivity contribution in [1.29, 1.82) is 5.26 Å². The molecule has 0 aliphatic heterocycles. The average molecular weight is 874 g/mol. The highest BCUT2D eigenvalue weighted by Gasteiger charge is 2.18. The number of halogens is 1. The van der Waals surface area contributed by atoms with E-state index in [1.165, 1.54) is 168 Å². The maximum atomic E-state index is 15.1. The first-order valence-corrected chi connectivity index (χ1v) is 22.3. The topological polar surface area (TPSA) is 129 Å². The summed E-state index contributed by atoms with van der Waals surface area (Å²) in [6.45, 7) is 2.26. The summed E-state index contributed by atoms with van der Waals surface area (Å²) in [6, 6.07) is 38.1. The molecule has 0 N–H and O–H groups in total. The largest absolute Gasteiger partial charge is 0.423 e. The van der Waals surface area contributed by atoms with Gasteiger partial charge in [-0.05, 0) is 127 Å². The number of nitriles is 1. The van der Waals surface area contributed by atoms with E-state index >= 15 is 4.39 Å². The van der Waals surface area contributed by atoms with Gasteiger partial charge < -0.3 is 18.9 Å². The van der Waals surface area contributed by atoms with Crippen molar-refractivity contribution in [3.05, 3.63) is 179 Å². The van der Waals surface area contributed by atoms with Crippen LogP contribution in [-0.2, 0) is 6.42 Å². The zero-order valence-electron chi connectivity index (χ0n) is 36.6. The summed E-state index contributed by atoms with van der Waals surface area (Å²) in [4.78, 5) is 51.4. The second-order valence-corrected chi connectivity index (χ2v) is 15.8. The van der Waals surface area contributed by atoms with Crippen molar-refractivity contribution in [3.63, 3.8) is 0 Å². The van der Waals surface area contributed by atoms with Crippen molar-refractivity contribution >= 4 is 23.9 Å². The fourth-order valence-corrected chi connectivity index (χ4v) is 7.14. The molecule has 0 spiro atoms. The molecule has 0 aliphatic carbocycles. The second-order valence-electron chi connectivity index (χ2n) is 15.8. The predicted molar refractivity (Wildman–Crippen MR) is 247 cm³/mol. The fourth-order valence-electron chi connectivity index (χ4n) is 7.14. The third kappa shape index (κ3) is 14.6. The smallest absolute Gasteiger partial charge is 0.343 e. The van der Waals surface area contributed by atoms with E-state index in [4.69, 9.17) is 24.2 Å². The highest BCUT2D eigenvalue weighted by Crippen LogP contribution is 2.26. The SMILES string of the molecule is CCCCCCCCCCCCCCc1ccc(-c2ccc(C(=O)Oc3ccc(C(=O)Oc4cccc(C(=O)Oc5ccc(C(=O)Oc6ccc(C#N)cc6)cc5)c4)cc3F)cc2)cc1. The van der Waals surface area contributed by atoms with Crippen LogP contribution in [-0.4, -0.2) is 23.9 Å². The summed E-state index contributed by atoms with van der Waals surface area (Å²) >= 11 is 0. The van der Waals surface area contributed by atoms with Gasteiger partial charge in [0.15, 0.2) is 11.6 Å². The van der Waals surface area contributed by atoms with Crippen LogP contribution in [0.15, 0.2) is 140 Å². The summed E-state index contributed by atoms with van der Waals surface area (Å²) in [5.74, 6) is -3.99. The molecule has 0 bridgehead atoms. The summed E-state index contributed by atoms with van der Waals surface area (Å²) in [5.41, 5.74) is 4.02. The number of aryl methyl sites for hydroxylation is 1. The Morgan fingerprint density at radius 2 is 0.908 bits per heavy atom. The van der Waals surface area contributed by atoms with Crippen molar-refractivity contribution in [3.8, 4) is 40.2 Å². The molecule has 0 radical (unpaired) electrons. The molecule has 6 aromatic rings. The minimum Gasteiger partial charge on any atom is -0.423 e. The van der Waals surface area contributed by atoms with Gasteiger partial charge in [0.05, 0.1) is 33.9 Å². The maximum Gasteiger partial charge on any atom is 0.343 e. The Labute approximate surface area is 379 Å². The number of hydrogen-bond acceptors (Lipinski definition) is 9. The molecule has 0 saturated carbocycles. The predicted octanol–water partition coefficient (Wildman–Crippen LogP) is 13.5. The van der Waals surface area contributed by atoms with E-state index in [2.05, 4.69) is 31.2 Å². The van der Waals surface area contributed by atoms with Crippen molar-refractivity contribution in [1.82, 2.24) is 0 Å². The van der Waals surface area contributed by atoms with Crippen molar-refractivity contribution in [2.45, 2.75) is 90.4 Å². The number of rotatable bonds is 22. The van der Waals surface area contributed by atoms with Gasteiger partial charge in [0.2, 0.25) is 0 Å². The molecule has 0 fully saturated rings. The molecule has 65 heavy (non-hydrogen) atoms. The molecule has 0 atom stereocenters. The number of carbonyl (C=O) groups excluding carboxylic acids is 4. The molecule has 0 aliphatic rings. The van der Waals surface area contributed by atoms with E-state index in [1.54, 1.807) is 12.1 Å². The normalized spacial score (nSPS) is 10.7. The van der Waals surface area contributed by atoms with Crippen LogP contribution >= 0.6 is 0 Å². The fraction of sp³-hybridized carbons (Fsp3) is 0.255. The number of hydrogen-bond donors (Lipinski definition) is 0. The molecule has 0 amide bonds. The average Bonchev–Trinajstić information content (AvgIpc) is 3.33. The Morgan fingerprint density at radius 3 is 1.46 bits per heavy atom. The number of carbonyl (C=O) groups is 4. The van der Waals surface area contributed by atoms with Crippen molar-refractivity contribution in [2.24, 2.45) is 0 Å². The second kappa shape index (κ2) is 24.5. The lowest BCUT2D eigenvalue weighted by Gasteiger charge is -2.10. The van der Waals surface area contributed by atoms with Gasteiger partial charge >= 0.3 is 23.9 Å². The van der Waals surface area contributed by atoms with Gasteiger partial charge in [-0.25, -0.2) is 23.6 Å². The van der Waals surface area contributed by atoms with Gasteiger partial charge in [0.1, 0.15) is 17.2 Å². The first-order valence-electron chi connectivity index (χ1n) is 22.3. The van der Waals surface area contributed by atoms with Crippen LogP contribution in [0.4, 0.5) is 4.39 Å². The lowest BCUT2D eigenvalue weighted by molar-refractivity contribution is 0.0711. The van der Waals surface area contributed by atoms with Crippen LogP contribution in [0, 0.1) is 17.1 Å². The van der Waals surface area contributed by atoms with E-state index in [0.717, 1.165) is 23.6 Å². The molecule has 0 aromatic heterocycles. The quantitative estimate of drug-likeness (QED) is 0.0372. The van der Waals surface area contributed by atoms with Crippen molar-refractivity contribution < 1.29 is 42.5 Å². The molecule has 0 saturated heterocycles. The summed E-state index contributed by atoms with van der Waals surface area (Å²) in [6.07, 6.45) is 17.0. The first-order chi connectivity index (χ1) is 31.7. The summed E-state index contributed by atoms with van der Waals surface area (Å²) < 4.78 is 36.6. The third-order valence-electron chi connectivity index (χ3n) is 10.9. The Hall–Kier alpha value is -7.38. The summed E-state index contributed by atoms with van der Waals surface area (Å²) in [5, 5.41) is 8.93. The van der Waals surface area contributed by atoms with Crippen LogP contribution < -0.4 is 18.9 Å². The Bertz CT molecular complexity index is 2560. The van der Waals surface area contributed by atoms with E-state index in [-0.39, 0.29) is 45.3 Å². The minimum atomic E-state index is -0.945. The third-order valence-corrected chi connectivity index (χ3v) is 10.9. The molecule has 0 unspecified atom stereocenters. The first kappa shape index (κ1) is 47.1. The van der Waals surface area contributed by atoms with Crippen LogP contribution in [0.1, 0.15) is 137 Å². The number of nitrogens with zero attached hydrogens (tertiary/aromatic N) is 1. The van der Waals surface area contributed by atoms with Crippen LogP contribution in [0.5, 0.6) is 23.0 Å². The Balaban J connectivity index is 0.927. The molecular weight excluding hydrogens is 822 g/mol. The zero-order chi connectivity index (χ0) is 45.8. The molecule has 6 rings (SSSR count). The Morgan fingerprint density at radius 1 is 0.462 bits per heavy atom. The van der Waals surface area contributed by atoms with E-state index in [0.29, 0.717) is 5.56 Å². The number of benzene rings is 6. The van der Waals surface area contributed by atoms with Gasteiger partial charge in [-0.2, -0.15) is 5.26 Å². The van der Waals surface area contributed by atoms with Gasteiger partial charge in [-0.1, -0.05) is 120 Å². The summed E-state index contributed by atoms with van der Waals surface area (Å²) in [7, 11) is 0.